The van der Waals surface area contributed by atoms with Crippen LogP contribution in [0.3, 0.4) is 0 Å². The monoisotopic (exact) mass is 609 g/mol. The number of amides is 1. The fourth-order valence-corrected chi connectivity index (χ4v) is 6.03. The zero-order valence-corrected chi connectivity index (χ0v) is 24.5. The van der Waals surface area contributed by atoms with E-state index in [1.807, 2.05) is 18.2 Å². The molecule has 0 aliphatic carbocycles. The lowest BCUT2D eigenvalue weighted by Crippen LogP contribution is -2.49. The third kappa shape index (κ3) is 7.40. The number of carbonyl (C=O) groups is 1. The number of rotatable bonds is 9. The molecule has 1 aliphatic heterocycles. The van der Waals surface area contributed by atoms with Crippen LogP contribution in [-0.4, -0.2) is 56.8 Å². The second kappa shape index (κ2) is 13.0. The molecule has 4 aromatic carbocycles. The maximum absolute atomic E-state index is 13.5. The lowest BCUT2D eigenvalue weighted by molar-refractivity contribution is 0.0639. The van der Waals surface area contributed by atoms with Gasteiger partial charge in [0.15, 0.2) is 0 Å². The highest BCUT2D eigenvalue weighted by Crippen LogP contribution is 2.30. The second-order valence-corrected chi connectivity index (χ2v) is 12.2. The van der Waals surface area contributed by atoms with Crippen molar-refractivity contribution >= 4 is 44.8 Å². The van der Waals surface area contributed by atoms with Gasteiger partial charge in [-0.2, -0.15) is 0 Å². The Balaban J connectivity index is 1.24. The van der Waals surface area contributed by atoms with Gasteiger partial charge in [0.25, 0.3) is 15.9 Å². The summed E-state index contributed by atoms with van der Waals surface area (Å²) in [5, 5.41) is 0.790. The van der Waals surface area contributed by atoms with Crippen LogP contribution < -0.4 is 9.46 Å². The molecule has 0 aromatic heterocycles. The SMILES string of the molecule is O=C(c1cc(Cl)ccc1NS(=O)(=O)c1ccc(Oc2ccccc2Cl)cc1)N1CCN(CCc2ccccc2)CC1. The van der Waals surface area contributed by atoms with E-state index in [-0.39, 0.29) is 22.1 Å². The van der Waals surface area contributed by atoms with Gasteiger partial charge in [0.1, 0.15) is 11.5 Å². The van der Waals surface area contributed by atoms with Gasteiger partial charge in [0.2, 0.25) is 0 Å². The van der Waals surface area contributed by atoms with Crippen LogP contribution >= 0.6 is 23.2 Å². The zero-order valence-electron chi connectivity index (χ0n) is 22.2. The molecule has 0 saturated carbocycles. The van der Waals surface area contributed by atoms with Crippen LogP contribution in [0.15, 0.2) is 102 Å². The van der Waals surface area contributed by atoms with Crippen LogP contribution in [0.1, 0.15) is 15.9 Å². The second-order valence-electron chi connectivity index (χ2n) is 9.67. The Morgan fingerprint density at radius 1 is 0.829 bits per heavy atom. The van der Waals surface area contributed by atoms with E-state index in [9.17, 15) is 13.2 Å². The molecule has 0 radical (unpaired) electrons. The third-order valence-electron chi connectivity index (χ3n) is 6.87. The van der Waals surface area contributed by atoms with Gasteiger partial charge in [0.05, 0.1) is 21.2 Å². The summed E-state index contributed by atoms with van der Waals surface area (Å²) in [7, 11) is -4.01. The Labute approximate surface area is 250 Å². The van der Waals surface area contributed by atoms with Gasteiger partial charge in [-0.1, -0.05) is 65.7 Å². The summed E-state index contributed by atoms with van der Waals surface area (Å²) in [6.45, 7) is 3.47. The summed E-state index contributed by atoms with van der Waals surface area (Å²) in [4.78, 5) is 17.6. The molecule has 1 saturated heterocycles. The number of carbonyl (C=O) groups excluding carboxylic acids is 1. The van der Waals surface area contributed by atoms with E-state index >= 15 is 0 Å². The van der Waals surface area contributed by atoms with Gasteiger partial charge < -0.3 is 9.64 Å². The van der Waals surface area contributed by atoms with Crippen molar-refractivity contribution in [3.63, 3.8) is 0 Å². The minimum atomic E-state index is -4.01. The summed E-state index contributed by atoms with van der Waals surface area (Å²) in [5.74, 6) is 0.628. The molecule has 1 fully saturated rings. The van der Waals surface area contributed by atoms with Crippen molar-refractivity contribution in [3.05, 3.63) is 118 Å². The Kier molecular flexibility index (Phi) is 9.15. The lowest BCUT2D eigenvalue weighted by atomic mass is 10.1. The quantitative estimate of drug-likeness (QED) is 0.232. The highest BCUT2D eigenvalue weighted by molar-refractivity contribution is 7.92. The number of para-hydroxylation sites is 1. The van der Waals surface area contributed by atoms with Crippen molar-refractivity contribution in [2.24, 2.45) is 0 Å². The van der Waals surface area contributed by atoms with Crippen LogP contribution in [0.25, 0.3) is 0 Å². The number of nitrogens with one attached hydrogen (secondary N) is 1. The number of nitrogens with zero attached hydrogens (tertiary/aromatic N) is 2. The van der Waals surface area contributed by atoms with E-state index in [0.717, 1.165) is 26.1 Å². The first-order chi connectivity index (χ1) is 19.8. The van der Waals surface area contributed by atoms with Crippen LogP contribution in [0.4, 0.5) is 5.69 Å². The van der Waals surface area contributed by atoms with Crippen LogP contribution in [0, 0.1) is 0 Å². The Hall–Kier alpha value is -3.56. The number of halogens is 2. The molecular formula is C31H29Cl2N3O4S. The highest BCUT2D eigenvalue weighted by Gasteiger charge is 2.26. The molecular weight excluding hydrogens is 581 g/mol. The van der Waals surface area contributed by atoms with Crippen LogP contribution in [0.5, 0.6) is 11.5 Å². The molecule has 7 nitrogen and oxygen atoms in total. The van der Waals surface area contributed by atoms with Gasteiger partial charge in [-0.15, -0.1) is 0 Å². The highest BCUT2D eigenvalue weighted by atomic mass is 35.5. The van der Waals surface area contributed by atoms with E-state index in [1.54, 1.807) is 47.4 Å². The fourth-order valence-electron chi connectivity index (χ4n) is 4.60. The minimum absolute atomic E-state index is 0.0180. The van der Waals surface area contributed by atoms with Gasteiger partial charge in [-0.05, 0) is 66.6 Å². The summed E-state index contributed by atoms with van der Waals surface area (Å²) >= 11 is 12.4. The van der Waals surface area contributed by atoms with Gasteiger partial charge in [0, 0.05) is 37.7 Å². The fraction of sp³-hybridized carbons (Fsp3) is 0.194. The molecule has 1 aliphatic rings. The molecule has 1 amide bonds. The maximum atomic E-state index is 13.5. The summed E-state index contributed by atoms with van der Waals surface area (Å²) in [5.41, 5.74) is 1.66. The number of hydrogen-bond donors (Lipinski definition) is 1. The molecule has 1 N–H and O–H groups in total. The normalized spacial score (nSPS) is 14.0. The number of sulfonamides is 1. The first-order valence-corrected chi connectivity index (χ1v) is 15.4. The standard InChI is InChI=1S/C31H29Cl2N3O4S/c32-24-10-15-29(34-41(38,39)26-13-11-25(12-14-26)40-30-9-5-4-8-28(30)33)27(22-24)31(37)36-20-18-35(19-21-36)17-16-23-6-2-1-3-7-23/h1-15,22,34H,16-21H2. The Bertz CT molecular complexity index is 1610. The van der Waals surface area contributed by atoms with Crippen molar-refractivity contribution in [3.8, 4) is 11.5 Å². The molecule has 0 spiro atoms. The lowest BCUT2D eigenvalue weighted by Gasteiger charge is -2.35. The summed E-state index contributed by atoms with van der Waals surface area (Å²) in [6, 6.07) is 27.8. The molecule has 41 heavy (non-hydrogen) atoms. The number of piperazine rings is 1. The van der Waals surface area contributed by atoms with E-state index in [1.165, 1.54) is 29.8 Å². The average Bonchev–Trinajstić information content (AvgIpc) is 2.99. The van der Waals surface area contributed by atoms with Gasteiger partial charge in [-0.25, -0.2) is 8.42 Å². The topological polar surface area (TPSA) is 78.9 Å². The largest absolute Gasteiger partial charge is 0.456 e. The summed E-state index contributed by atoms with van der Waals surface area (Å²) < 4.78 is 34.8. The molecule has 212 valence electrons. The first-order valence-electron chi connectivity index (χ1n) is 13.2. The Morgan fingerprint density at radius 3 is 2.22 bits per heavy atom. The van der Waals surface area contributed by atoms with Crippen molar-refractivity contribution in [2.75, 3.05) is 37.4 Å². The molecule has 4 aromatic rings. The van der Waals surface area contributed by atoms with E-state index in [4.69, 9.17) is 27.9 Å². The predicted molar refractivity (Wildman–Crippen MR) is 163 cm³/mol. The van der Waals surface area contributed by atoms with E-state index in [2.05, 4.69) is 21.8 Å². The van der Waals surface area contributed by atoms with Gasteiger partial charge >= 0.3 is 0 Å². The predicted octanol–water partition coefficient (Wildman–Crippen LogP) is 6.59. The van der Waals surface area contributed by atoms with Crippen LogP contribution in [-0.2, 0) is 16.4 Å². The average molecular weight is 611 g/mol. The van der Waals surface area contributed by atoms with E-state index in [0.29, 0.717) is 34.6 Å². The third-order valence-corrected chi connectivity index (χ3v) is 8.80. The number of hydrogen-bond acceptors (Lipinski definition) is 5. The first kappa shape index (κ1) is 29.0. The maximum Gasteiger partial charge on any atom is 0.261 e. The number of ether oxygens (including phenoxy) is 1. The molecule has 10 heteroatoms. The molecule has 0 bridgehead atoms. The van der Waals surface area contributed by atoms with Crippen molar-refractivity contribution in [1.82, 2.24) is 9.80 Å². The zero-order chi connectivity index (χ0) is 28.8. The molecule has 0 unspecified atom stereocenters. The number of benzene rings is 4. The van der Waals surface area contributed by atoms with Crippen molar-refractivity contribution in [1.29, 1.82) is 0 Å². The smallest absolute Gasteiger partial charge is 0.261 e. The van der Waals surface area contributed by atoms with E-state index < -0.39 is 10.0 Å². The van der Waals surface area contributed by atoms with Crippen molar-refractivity contribution in [2.45, 2.75) is 11.3 Å². The van der Waals surface area contributed by atoms with Crippen LogP contribution in [0.2, 0.25) is 10.0 Å². The van der Waals surface area contributed by atoms with Crippen molar-refractivity contribution < 1.29 is 17.9 Å². The number of anilines is 1. The Morgan fingerprint density at radius 2 is 1.51 bits per heavy atom. The summed E-state index contributed by atoms with van der Waals surface area (Å²) in [6.07, 6.45) is 0.947. The molecule has 0 atom stereocenters. The van der Waals surface area contributed by atoms with Gasteiger partial charge in [-0.3, -0.25) is 14.4 Å². The molecule has 1 heterocycles. The minimum Gasteiger partial charge on any atom is -0.456 e. The molecule has 5 rings (SSSR count).